The third-order valence-electron chi connectivity index (χ3n) is 2.31. The maximum atomic E-state index is 11.1. The Hall–Kier alpha value is -1.68. The summed E-state index contributed by atoms with van der Waals surface area (Å²) in [7, 11) is 1.62. The molecule has 0 aliphatic heterocycles. The summed E-state index contributed by atoms with van der Waals surface area (Å²) in [5.74, 6) is -0.0905. The van der Waals surface area contributed by atoms with Crippen LogP contribution < -0.4 is 5.32 Å². The van der Waals surface area contributed by atoms with Crippen LogP contribution in [0.4, 0.5) is 0 Å². The number of amides is 1. The van der Waals surface area contributed by atoms with E-state index in [9.17, 15) is 4.79 Å². The van der Waals surface area contributed by atoms with Crippen molar-refractivity contribution in [2.45, 2.75) is 6.92 Å². The molecule has 3 nitrogen and oxygen atoms in total. The van der Waals surface area contributed by atoms with E-state index in [1.54, 1.807) is 18.4 Å². The highest BCUT2D eigenvalue weighted by Crippen LogP contribution is 2.27. The smallest absolute Gasteiger partial charge is 0.243 e. The molecule has 0 fully saturated rings. The van der Waals surface area contributed by atoms with Gasteiger partial charge in [-0.1, -0.05) is 0 Å². The molecule has 2 aromatic heterocycles. The Morgan fingerprint density at radius 2 is 2.31 bits per heavy atom. The van der Waals surface area contributed by atoms with E-state index in [0.29, 0.717) is 0 Å². The van der Waals surface area contributed by atoms with E-state index >= 15 is 0 Å². The molecule has 0 aliphatic rings. The summed E-state index contributed by atoms with van der Waals surface area (Å²) in [6.45, 7) is 2.04. The van der Waals surface area contributed by atoms with Gasteiger partial charge in [0.05, 0.1) is 4.70 Å². The Labute approximate surface area is 97.8 Å². The average Bonchev–Trinajstić information content (AvgIpc) is 2.70. The summed E-state index contributed by atoms with van der Waals surface area (Å²) >= 11 is 1.63. The number of thiophene rings is 1. The van der Waals surface area contributed by atoms with Crippen molar-refractivity contribution in [3.63, 3.8) is 0 Å². The van der Waals surface area contributed by atoms with Crippen molar-refractivity contribution in [3.8, 4) is 0 Å². The van der Waals surface area contributed by atoms with Gasteiger partial charge in [-0.2, -0.15) is 0 Å². The van der Waals surface area contributed by atoms with E-state index in [2.05, 4.69) is 16.4 Å². The minimum Gasteiger partial charge on any atom is -0.356 e. The zero-order valence-corrected chi connectivity index (χ0v) is 9.97. The Balaban J connectivity index is 2.37. The van der Waals surface area contributed by atoms with Gasteiger partial charge in [0, 0.05) is 30.4 Å². The van der Waals surface area contributed by atoms with Gasteiger partial charge in [-0.05, 0) is 30.0 Å². The van der Waals surface area contributed by atoms with Crippen LogP contribution in [0, 0.1) is 6.92 Å². The molecule has 16 heavy (non-hydrogen) atoms. The third-order valence-corrected chi connectivity index (χ3v) is 3.34. The first kappa shape index (κ1) is 10.8. The third kappa shape index (κ3) is 2.12. The van der Waals surface area contributed by atoms with Gasteiger partial charge in [0.2, 0.25) is 5.91 Å². The molecule has 0 unspecified atom stereocenters. The van der Waals surface area contributed by atoms with Gasteiger partial charge < -0.3 is 5.32 Å². The molecule has 0 spiro atoms. The zero-order valence-electron chi connectivity index (χ0n) is 9.15. The van der Waals surface area contributed by atoms with Gasteiger partial charge >= 0.3 is 0 Å². The molecule has 0 radical (unpaired) electrons. The number of fused-ring (bicyclic) bond motifs is 1. The van der Waals surface area contributed by atoms with E-state index in [1.807, 2.05) is 25.4 Å². The fourth-order valence-electron chi connectivity index (χ4n) is 1.44. The van der Waals surface area contributed by atoms with Crippen molar-refractivity contribution in [2.24, 2.45) is 0 Å². The van der Waals surface area contributed by atoms with Gasteiger partial charge in [-0.15, -0.1) is 11.3 Å². The molecule has 0 saturated carbocycles. The second kappa shape index (κ2) is 4.45. The van der Waals surface area contributed by atoms with Crippen LogP contribution in [-0.2, 0) is 4.79 Å². The monoisotopic (exact) mass is 232 g/mol. The number of likely N-dealkylation sites (N-methyl/N-ethyl adjacent to an activating group) is 1. The topological polar surface area (TPSA) is 42.0 Å². The first-order valence-electron chi connectivity index (χ1n) is 4.94. The number of rotatable bonds is 2. The number of pyridine rings is 1. The highest BCUT2D eigenvalue weighted by atomic mass is 32.1. The molecule has 0 bridgehead atoms. The molecule has 2 rings (SSSR count). The molecular formula is C12H12N2OS. The van der Waals surface area contributed by atoms with Crippen molar-refractivity contribution in [1.29, 1.82) is 0 Å². The summed E-state index contributed by atoms with van der Waals surface area (Å²) in [5.41, 5.74) is 1.16. The van der Waals surface area contributed by atoms with Crippen molar-refractivity contribution in [3.05, 3.63) is 35.0 Å². The molecule has 1 N–H and O–H groups in total. The molecule has 0 aromatic carbocycles. The lowest BCUT2D eigenvalue weighted by molar-refractivity contribution is -0.115. The number of aromatic nitrogens is 1. The molecule has 0 aliphatic carbocycles. The van der Waals surface area contributed by atoms with E-state index < -0.39 is 0 Å². The SMILES string of the molecule is CNC(=O)/C=C/c1cc2c(C)cncc2s1. The maximum Gasteiger partial charge on any atom is 0.243 e. The van der Waals surface area contributed by atoms with E-state index in [4.69, 9.17) is 0 Å². The second-order valence-corrected chi connectivity index (χ2v) is 4.58. The van der Waals surface area contributed by atoms with Crippen molar-refractivity contribution >= 4 is 33.4 Å². The molecular weight excluding hydrogens is 220 g/mol. The highest BCUT2D eigenvalue weighted by molar-refractivity contribution is 7.19. The average molecular weight is 232 g/mol. The normalized spacial score (nSPS) is 11.1. The zero-order chi connectivity index (χ0) is 11.5. The largest absolute Gasteiger partial charge is 0.356 e. The molecule has 0 saturated heterocycles. The molecule has 0 atom stereocenters. The number of nitrogens with zero attached hydrogens (tertiary/aromatic N) is 1. The molecule has 2 aromatic rings. The standard InChI is InChI=1S/C12H12N2OS/c1-8-6-14-7-11-10(8)5-9(16-11)3-4-12(15)13-2/h3-7H,1-2H3,(H,13,15)/b4-3+. The highest BCUT2D eigenvalue weighted by Gasteiger charge is 2.02. The van der Waals surface area contributed by atoms with Crippen molar-refractivity contribution < 1.29 is 4.79 Å². The van der Waals surface area contributed by atoms with Crippen molar-refractivity contribution in [2.75, 3.05) is 7.05 Å². The van der Waals surface area contributed by atoms with Gasteiger partial charge in [-0.3, -0.25) is 9.78 Å². The van der Waals surface area contributed by atoms with Crippen LogP contribution in [0.1, 0.15) is 10.4 Å². The maximum absolute atomic E-state index is 11.1. The summed E-state index contributed by atoms with van der Waals surface area (Å²) in [4.78, 5) is 16.3. The molecule has 1 amide bonds. The Bertz CT molecular complexity index is 557. The number of hydrogen-bond donors (Lipinski definition) is 1. The van der Waals surface area contributed by atoms with Crippen LogP contribution >= 0.6 is 11.3 Å². The van der Waals surface area contributed by atoms with Crippen LogP contribution in [0.5, 0.6) is 0 Å². The predicted molar refractivity (Wildman–Crippen MR) is 67.5 cm³/mol. The van der Waals surface area contributed by atoms with Gasteiger partial charge in [0.15, 0.2) is 0 Å². The van der Waals surface area contributed by atoms with Crippen LogP contribution in [0.2, 0.25) is 0 Å². The fourth-order valence-corrected chi connectivity index (χ4v) is 2.45. The van der Waals surface area contributed by atoms with Gasteiger partial charge in [0.25, 0.3) is 0 Å². The van der Waals surface area contributed by atoms with Crippen LogP contribution in [0.15, 0.2) is 24.5 Å². The lowest BCUT2D eigenvalue weighted by Gasteiger charge is -1.91. The summed E-state index contributed by atoms with van der Waals surface area (Å²) in [6, 6.07) is 2.08. The van der Waals surface area contributed by atoms with E-state index in [1.165, 1.54) is 11.5 Å². The Kier molecular flexibility index (Phi) is 3.01. The van der Waals surface area contributed by atoms with Gasteiger partial charge in [0.1, 0.15) is 0 Å². The van der Waals surface area contributed by atoms with Crippen molar-refractivity contribution in [1.82, 2.24) is 10.3 Å². The number of aryl methyl sites for hydroxylation is 1. The molecule has 2 heterocycles. The van der Waals surface area contributed by atoms with E-state index in [-0.39, 0.29) is 5.91 Å². The van der Waals surface area contributed by atoms with Crippen LogP contribution in [0.25, 0.3) is 16.2 Å². The minimum atomic E-state index is -0.0905. The number of carbonyl (C=O) groups is 1. The number of nitrogens with one attached hydrogen (secondary N) is 1. The minimum absolute atomic E-state index is 0.0905. The quantitative estimate of drug-likeness (QED) is 0.808. The molecule has 82 valence electrons. The summed E-state index contributed by atoms with van der Waals surface area (Å²) < 4.78 is 1.15. The lowest BCUT2D eigenvalue weighted by Crippen LogP contribution is -2.13. The number of carbonyl (C=O) groups excluding carboxylic acids is 1. The van der Waals surface area contributed by atoms with Crippen LogP contribution in [-0.4, -0.2) is 17.9 Å². The number of hydrogen-bond acceptors (Lipinski definition) is 3. The molecule has 4 heteroatoms. The first-order chi connectivity index (χ1) is 7.70. The summed E-state index contributed by atoms with van der Waals surface area (Å²) in [6.07, 6.45) is 7.06. The Morgan fingerprint density at radius 1 is 1.50 bits per heavy atom. The van der Waals surface area contributed by atoms with Crippen LogP contribution in [0.3, 0.4) is 0 Å². The lowest BCUT2D eigenvalue weighted by atomic mass is 10.2. The van der Waals surface area contributed by atoms with E-state index in [0.717, 1.165) is 15.1 Å². The Morgan fingerprint density at radius 3 is 3.00 bits per heavy atom. The van der Waals surface area contributed by atoms with Gasteiger partial charge in [-0.25, -0.2) is 0 Å². The summed E-state index contributed by atoms with van der Waals surface area (Å²) in [5, 5.41) is 3.75. The predicted octanol–water partition coefficient (Wildman–Crippen LogP) is 2.36. The second-order valence-electron chi connectivity index (χ2n) is 3.46. The fraction of sp³-hybridized carbons (Fsp3) is 0.167. The first-order valence-corrected chi connectivity index (χ1v) is 5.76.